The highest BCUT2D eigenvalue weighted by Gasteiger charge is 2.04. The quantitative estimate of drug-likeness (QED) is 0.827. The number of anilines is 1. The fourth-order valence-electron chi connectivity index (χ4n) is 1.72. The average Bonchev–Trinajstić information content (AvgIpc) is 2.84. The summed E-state index contributed by atoms with van der Waals surface area (Å²) in [6, 6.07) is 9.92. The van der Waals surface area contributed by atoms with Crippen LogP contribution in [0.4, 0.5) is 5.69 Å². The molecule has 0 radical (unpaired) electrons. The van der Waals surface area contributed by atoms with Crippen molar-refractivity contribution < 1.29 is 4.79 Å². The SMILES string of the molecule is Cc1cccc(C)c1NC(=O)/C=C\c1cccs1. The fraction of sp³-hybridized carbons (Fsp3) is 0.133. The topological polar surface area (TPSA) is 29.1 Å². The zero-order valence-corrected chi connectivity index (χ0v) is 11.3. The van der Waals surface area contributed by atoms with Crippen molar-refractivity contribution in [3.05, 3.63) is 57.8 Å². The molecule has 0 aliphatic heterocycles. The van der Waals surface area contributed by atoms with Crippen LogP contribution in [0, 0.1) is 13.8 Å². The molecular weight excluding hydrogens is 242 g/mol. The molecule has 0 unspecified atom stereocenters. The van der Waals surface area contributed by atoms with Crippen molar-refractivity contribution in [1.82, 2.24) is 0 Å². The first-order valence-electron chi connectivity index (χ1n) is 5.75. The maximum atomic E-state index is 11.8. The number of nitrogens with one attached hydrogen (secondary N) is 1. The number of hydrogen-bond donors (Lipinski definition) is 1. The fourth-order valence-corrected chi connectivity index (χ4v) is 2.34. The second-order valence-electron chi connectivity index (χ2n) is 4.10. The van der Waals surface area contributed by atoms with Crippen LogP contribution in [0.5, 0.6) is 0 Å². The van der Waals surface area contributed by atoms with E-state index in [1.165, 1.54) is 0 Å². The maximum absolute atomic E-state index is 11.8. The van der Waals surface area contributed by atoms with Gasteiger partial charge in [-0.3, -0.25) is 4.79 Å². The van der Waals surface area contributed by atoms with Gasteiger partial charge in [-0.05, 0) is 42.5 Å². The summed E-state index contributed by atoms with van der Waals surface area (Å²) in [5, 5.41) is 4.91. The van der Waals surface area contributed by atoms with Gasteiger partial charge in [0.2, 0.25) is 5.91 Å². The van der Waals surface area contributed by atoms with Gasteiger partial charge in [0.15, 0.2) is 0 Å². The normalized spacial score (nSPS) is 10.8. The minimum absolute atomic E-state index is 0.0965. The van der Waals surface area contributed by atoms with Crippen LogP contribution in [0.2, 0.25) is 0 Å². The van der Waals surface area contributed by atoms with Crippen LogP contribution in [0.15, 0.2) is 41.8 Å². The molecule has 0 aliphatic carbocycles. The Kier molecular flexibility index (Phi) is 3.95. The van der Waals surface area contributed by atoms with Crippen molar-refractivity contribution >= 4 is 29.0 Å². The van der Waals surface area contributed by atoms with E-state index in [1.54, 1.807) is 17.4 Å². The molecule has 18 heavy (non-hydrogen) atoms. The van der Waals surface area contributed by atoms with Crippen LogP contribution in [0.3, 0.4) is 0 Å². The minimum Gasteiger partial charge on any atom is -0.322 e. The lowest BCUT2D eigenvalue weighted by atomic mass is 10.1. The third kappa shape index (κ3) is 3.08. The summed E-state index contributed by atoms with van der Waals surface area (Å²) in [7, 11) is 0. The molecule has 2 nitrogen and oxygen atoms in total. The van der Waals surface area contributed by atoms with Crippen molar-refractivity contribution in [2.45, 2.75) is 13.8 Å². The summed E-state index contributed by atoms with van der Waals surface area (Å²) < 4.78 is 0. The van der Waals surface area contributed by atoms with Gasteiger partial charge >= 0.3 is 0 Å². The number of thiophene rings is 1. The van der Waals surface area contributed by atoms with Crippen molar-refractivity contribution in [2.75, 3.05) is 5.32 Å². The first kappa shape index (κ1) is 12.6. The van der Waals surface area contributed by atoms with Crippen molar-refractivity contribution in [2.24, 2.45) is 0 Å². The molecule has 0 bridgehead atoms. The Morgan fingerprint density at radius 2 is 1.89 bits per heavy atom. The third-order valence-corrected chi connectivity index (χ3v) is 3.51. The number of carbonyl (C=O) groups is 1. The number of para-hydroxylation sites is 1. The molecule has 1 heterocycles. The Labute approximate surface area is 111 Å². The summed E-state index contributed by atoms with van der Waals surface area (Å²) in [6.45, 7) is 3.98. The van der Waals surface area contributed by atoms with Crippen LogP contribution >= 0.6 is 11.3 Å². The first-order chi connectivity index (χ1) is 8.66. The van der Waals surface area contributed by atoms with Gasteiger partial charge in [-0.25, -0.2) is 0 Å². The lowest BCUT2D eigenvalue weighted by Crippen LogP contribution is -2.10. The van der Waals surface area contributed by atoms with Crippen molar-refractivity contribution in [3.63, 3.8) is 0 Å². The lowest BCUT2D eigenvalue weighted by molar-refractivity contribution is -0.111. The molecule has 1 aromatic heterocycles. The molecule has 0 saturated carbocycles. The van der Waals surface area contributed by atoms with E-state index in [4.69, 9.17) is 0 Å². The Morgan fingerprint density at radius 1 is 1.17 bits per heavy atom. The van der Waals surface area contributed by atoms with Crippen molar-refractivity contribution in [3.8, 4) is 0 Å². The summed E-state index contributed by atoms with van der Waals surface area (Å²) in [5.74, 6) is -0.0965. The molecule has 0 atom stereocenters. The highest BCUT2D eigenvalue weighted by atomic mass is 32.1. The average molecular weight is 257 g/mol. The first-order valence-corrected chi connectivity index (χ1v) is 6.63. The largest absolute Gasteiger partial charge is 0.322 e. The molecule has 1 amide bonds. The van der Waals surface area contributed by atoms with Gasteiger partial charge in [0.1, 0.15) is 0 Å². The van der Waals surface area contributed by atoms with E-state index < -0.39 is 0 Å². The number of amides is 1. The van der Waals surface area contributed by atoms with E-state index in [9.17, 15) is 4.79 Å². The standard InChI is InChI=1S/C15H15NOS/c1-11-5-3-6-12(2)15(11)16-14(17)9-8-13-7-4-10-18-13/h3-10H,1-2H3,(H,16,17)/b9-8-. The summed E-state index contributed by atoms with van der Waals surface area (Å²) >= 11 is 1.61. The number of carbonyl (C=O) groups excluding carboxylic acids is 1. The molecule has 1 aromatic carbocycles. The molecule has 92 valence electrons. The van der Waals surface area contributed by atoms with Gasteiger partial charge in [0.05, 0.1) is 0 Å². The van der Waals surface area contributed by atoms with E-state index in [0.29, 0.717) is 0 Å². The monoisotopic (exact) mass is 257 g/mol. The number of aryl methyl sites for hydroxylation is 2. The van der Waals surface area contributed by atoms with Gasteiger partial charge in [0.25, 0.3) is 0 Å². The highest BCUT2D eigenvalue weighted by Crippen LogP contribution is 2.19. The summed E-state index contributed by atoms with van der Waals surface area (Å²) in [5.41, 5.74) is 3.05. The molecule has 0 saturated heterocycles. The van der Waals surface area contributed by atoms with E-state index in [-0.39, 0.29) is 5.91 Å². The summed E-state index contributed by atoms with van der Waals surface area (Å²) in [6.07, 6.45) is 3.39. The highest BCUT2D eigenvalue weighted by molar-refractivity contribution is 7.10. The van der Waals surface area contributed by atoms with E-state index in [1.807, 2.05) is 55.6 Å². The van der Waals surface area contributed by atoms with Gasteiger partial charge < -0.3 is 5.32 Å². The van der Waals surface area contributed by atoms with Crippen LogP contribution in [0.1, 0.15) is 16.0 Å². The molecule has 2 aromatic rings. The molecule has 2 rings (SSSR count). The van der Waals surface area contributed by atoms with Gasteiger partial charge in [-0.1, -0.05) is 24.3 Å². The molecule has 0 fully saturated rings. The van der Waals surface area contributed by atoms with Gasteiger partial charge in [-0.15, -0.1) is 11.3 Å². The van der Waals surface area contributed by atoms with E-state index >= 15 is 0 Å². The lowest BCUT2D eigenvalue weighted by Gasteiger charge is -2.09. The molecule has 0 aliphatic rings. The molecule has 3 heteroatoms. The summed E-state index contributed by atoms with van der Waals surface area (Å²) in [4.78, 5) is 12.9. The molecular formula is C15H15NOS. The van der Waals surface area contributed by atoms with E-state index in [2.05, 4.69) is 5.32 Å². The van der Waals surface area contributed by atoms with Crippen LogP contribution < -0.4 is 5.32 Å². The smallest absolute Gasteiger partial charge is 0.248 e. The Bertz CT molecular complexity index is 550. The zero-order valence-electron chi connectivity index (χ0n) is 10.4. The Hall–Kier alpha value is -1.87. The maximum Gasteiger partial charge on any atom is 0.248 e. The number of benzene rings is 1. The second kappa shape index (κ2) is 5.65. The van der Waals surface area contributed by atoms with Crippen LogP contribution in [-0.4, -0.2) is 5.91 Å². The minimum atomic E-state index is -0.0965. The predicted octanol–water partition coefficient (Wildman–Crippen LogP) is 4.02. The van der Waals surface area contributed by atoms with E-state index in [0.717, 1.165) is 21.7 Å². The zero-order chi connectivity index (χ0) is 13.0. The predicted molar refractivity (Wildman–Crippen MR) is 77.9 cm³/mol. The Balaban J connectivity index is 2.08. The van der Waals surface area contributed by atoms with Gasteiger partial charge in [0, 0.05) is 16.6 Å². The second-order valence-corrected chi connectivity index (χ2v) is 5.08. The van der Waals surface area contributed by atoms with Gasteiger partial charge in [-0.2, -0.15) is 0 Å². The molecule has 0 spiro atoms. The van der Waals surface area contributed by atoms with Crippen LogP contribution in [0.25, 0.3) is 6.08 Å². The third-order valence-electron chi connectivity index (χ3n) is 2.67. The van der Waals surface area contributed by atoms with Crippen molar-refractivity contribution in [1.29, 1.82) is 0 Å². The number of hydrogen-bond acceptors (Lipinski definition) is 2. The number of rotatable bonds is 3. The Morgan fingerprint density at radius 3 is 2.50 bits per heavy atom. The molecule has 1 N–H and O–H groups in total. The van der Waals surface area contributed by atoms with Crippen LogP contribution in [-0.2, 0) is 4.79 Å².